The third-order valence-electron chi connectivity index (χ3n) is 4.15. The van der Waals surface area contributed by atoms with E-state index in [4.69, 9.17) is 16.3 Å². The van der Waals surface area contributed by atoms with Gasteiger partial charge in [-0.05, 0) is 36.6 Å². The van der Waals surface area contributed by atoms with Crippen LogP contribution in [0.1, 0.15) is 18.5 Å². The second-order valence-corrected chi connectivity index (χ2v) is 7.55. The normalized spacial score (nSPS) is 19.6. The summed E-state index contributed by atoms with van der Waals surface area (Å²) >= 11 is 8.05. The Labute approximate surface area is 144 Å². The van der Waals surface area contributed by atoms with Gasteiger partial charge in [-0.25, -0.2) is 9.97 Å². The molecular formula is C16H17ClN4OS. The molecule has 1 aliphatic heterocycles. The predicted octanol–water partition coefficient (Wildman–Crippen LogP) is 3.14. The molecule has 1 saturated heterocycles. The highest BCUT2D eigenvalue weighted by molar-refractivity contribution is 8.00. The minimum atomic E-state index is 0.0228. The van der Waals surface area contributed by atoms with Crippen molar-refractivity contribution in [1.29, 1.82) is 0 Å². The monoisotopic (exact) mass is 348 g/mol. The van der Waals surface area contributed by atoms with Crippen LogP contribution >= 0.6 is 23.4 Å². The number of aromatic nitrogens is 3. The lowest BCUT2D eigenvalue weighted by molar-refractivity contribution is 0.122. The summed E-state index contributed by atoms with van der Waals surface area (Å²) in [4.78, 5) is 16.4. The first kappa shape index (κ1) is 15.2. The summed E-state index contributed by atoms with van der Waals surface area (Å²) in [5.74, 6) is 0.907. The van der Waals surface area contributed by atoms with E-state index < -0.39 is 0 Å². The number of morpholine rings is 1. The number of halogens is 1. The van der Waals surface area contributed by atoms with Gasteiger partial charge < -0.3 is 9.64 Å². The van der Waals surface area contributed by atoms with E-state index in [2.05, 4.69) is 25.9 Å². The quantitative estimate of drug-likeness (QED) is 0.791. The van der Waals surface area contributed by atoms with Gasteiger partial charge in [0.25, 0.3) is 0 Å². The topological polar surface area (TPSA) is 51.1 Å². The standard InChI is InChI=1S/C16H17ClN4OS/c17-15-19-13(11-14(20-15)21-7-9-22-10-8-21)16(3-4-16)23-12-1-5-18-6-2-12/h1-2,5-6,11H,3-4,7-10H2. The summed E-state index contributed by atoms with van der Waals surface area (Å²) in [5, 5.41) is 0.325. The number of pyridine rings is 1. The van der Waals surface area contributed by atoms with Crippen LogP contribution in [0.5, 0.6) is 0 Å². The Hall–Kier alpha value is -1.37. The van der Waals surface area contributed by atoms with Gasteiger partial charge in [0, 0.05) is 36.4 Å². The van der Waals surface area contributed by atoms with Crippen LogP contribution in [0.15, 0.2) is 35.5 Å². The summed E-state index contributed by atoms with van der Waals surface area (Å²) in [6.07, 6.45) is 5.86. The van der Waals surface area contributed by atoms with Crippen molar-refractivity contribution in [3.8, 4) is 0 Å². The first-order valence-corrected chi connectivity index (χ1v) is 8.91. The molecule has 2 aromatic rings. The Morgan fingerprint density at radius 1 is 1.13 bits per heavy atom. The summed E-state index contributed by atoms with van der Waals surface area (Å²) in [6, 6.07) is 6.17. The van der Waals surface area contributed by atoms with Crippen molar-refractivity contribution >= 4 is 29.2 Å². The number of ether oxygens (including phenoxy) is 1. The van der Waals surface area contributed by atoms with Crippen molar-refractivity contribution in [3.63, 3.8) is 0 Å². The number of hydrogen-bond donors (Lipinski definition) is 0. The maximum Gasteiger partial charge on any atom is 0.224 e. The highest BCUT2D eigenvalue weighted by atomic mass is 35.5. The Kier molecular flexibility index (Phi) is 4.13. The number of thioether (sulfide) groups is 1. The number of anilines is 1. The Balaban J connectivity index is 1.62. The zero-order valence-corrected chi connectivity index (χ0v) is 14.2. The van der Waals surface area contributed by atoms with Crippen LogP contribution in [0.3, 0.4) is 0 Å². The molecule has 0 bridgehead atoms. The van der Waals surface area contributed by atoms with Gasteiger partial charge in [-0.2, -0.15) is 0 Å². The molecule has 0 amide bonds. The highest BCUT2D eigenvalue weighted by Crippen LogP contribution is 2.59. The Bertz CT molecular complexity index is 690. The largest absolute Gasteiger partial charge is 0.378 e. The maximum absolute atomic E-state index is 6.21. The van der Waals surface area contributed by atoms with E-state index in [-0.39, 0.29) is 4.75 Å². The van der Waals surface area contributed by atoms with E-state index in [0.717, 1.165) is 50.7 Å². The van der Waals surface area contributed by atoms with Gasteiger partial charge in [0.2, 0.25) is 5.28 Å². The fraction of sp³-hybridized carbons (Fsp3) is 0.438. The molecule has 3 heterocycles. The third kappa shape index (κ3) is 3.29. The molecule has 5 nitrogen and oxygen atoms in total. The lowest BCUT2D eigenvalue weighted by atomic mass is 10.2. The summed E-state index contributed by atoms with van der Waals surface area (Å²) in [7, 11) is 0. The van der Waals surface area contributed by atoms with Crippen molar-refractivity contribution in [2.75, 3.05) is 31.2 Å². The average Bonchev–Trinajstić information content (AvgIpc) is 3.37. The Morgan fingerprint density at radius 2 is 1.87 bits per heavy atom. The lowest BCUT2D eigenvalue weighted by Gasteiger charge is -2.28. The summed E-state index contributed by atoms with van der Waals surface area (Å²) in [5.41, 5.74) is 1.03. The molecule has 7 heteroatoms. The molecule has 120 valence electrons. The zero-order chi connectivity index (χ0) is 15.7. The second kappa shape index (κ2) is 6.26. The molecule has 2 fully saturated rings. The van der Waals surface area contributed by atoms with Crippen molar-refractivity contribution in [2.24, 2.45) is 0 Å². The molecule has 0 atom stereocenters. The van der Waals surface area contributed by atoms with Crippen molar-refractivity contribution in [1.82, 2.24) is 15.0 Å². The van der Waals surface area contributed by atoms with Crippen LogP contribution in [-0.2, 0) is 9.48 Å². The van der Waals surface area contributed by atoms with Crippen LogP contribution in [0.25, 0.3) is 0 Å². The average molecular weight is 349 g/mol. The van der Waals surface area contributed by atoms with Gasteiger partial charge in [-0.1, -0.05) is 0 Å². The first-order chi connectivity index (χ1) is 11.3. The molecule has 0 spiro atoms. The number of rotatable bonds is 4. The fourth-order valence-electron chi connectivity index (χ4n) is 2.75. The molecule has 0 unspecified atom stereocenters. The van der Waals surface area contributed by atoms with E-state index in [1.807, 2.05) is 36.3 Å². The van der Waals surface area contributed by atoms with Gasteiger partial charge in [-0.3, -0.25) is 4.98 Å². The van der Waals surface area contributed by atoms with Crippen LogP contribution in [-0.4, -0.2) is 41.3 Å². The molecule has 1 aliphatic carbocycles. The van der Waals surface area contributed by atoms with Gasteiger partial charge >= 0.3 is 0 Å². The number of nitrogens with zero attached hydrogens (tertiary/aromatic N) is 4. The smallest absolute Gasteiger partial charge is 0.224 e. The second-order valence-electron chi connectivity index (χ2n) is 5.76. The van der Waals surface area contributed by atoms with Gasteiger partial charge in [0.1, 0.15) is 5.82 Å². The van der Waals surface area contributed by atoms with Crippen LogP contribution in [0.2, 0.25) is 5.28 Å². The van der Waals surface area contributed by atoms with E-state index >= 15 is 0 Å². The summed E-state index contributed by atoms with van der Waals surface area (Å²) < 4.78 is 5.43. The Morgan fingerprint density at radius 3 is 2.57 bits per heavy atom. The molecule has 1 saturated carbocycles. The van der Waals surface area contributed by atoms with Gasteiger partial charge in [0.05, 0.1) is 23.7 Å². The van der Waals surface area contributed by atoms with Crippen LogP contribution in [0.4, 0.5) is 5.82 Å². The van der Waals surface area contributed by atoms with Gasteiger partial charge in [0.15, 0.2) is 0 Å². The minimum absolute atomic E-state index is 0.0228. The van der Waals surface area contributed by atoms with Gasteiger partial charge in [-0.15, -0.1) is 11.8 Å². The molecule has 0 aromatic carbocycles. The SMILES string of the molecule is Clc1nc(N2CCOCC2)cc(C2(Sc3ccncc3)CC2)n1. The minimum Gasteiger partial charge on any atom is -0.378 e. The van der Waals surface area contributed by atoms with Crippen LogP contribution in [0, 0.1) is 0 Å². The van der Waals surface area contributed by atoms with E-state index in [1.165, 1.54) is 4.90 Å². The molecule has 4 rings (SSSR count). The molecule has 0 N–H and O–H groups in total. The zero-order valence-electron chi connectivity index (χ0n) is 12.6. The number of hydrogen-bond acceptors (Lipinski definition) is 6. The molecule has 2 aromatic heterocycles. The lowest BCUT2D eigenvalue weighted by Crippen LogP contribution is -2.37. The maximum atomic E-state index is 6.21. The highest BCUT2D eigenvalue weighted by Gasteiger charge is 2.47. The van der Waals surface area contributed by atoms with E-state index in [0.29, 0.717) is 5.28 Å². The van der Waals surface area contributed by atoms with E-state index in [1.54, 1.807) is 0 Å². The van der Waals surface area contributed by atoms with Crippen molar-refractivity contribution < 1.29 is 4.74 Å². The molecule has 23 heavy (non-hydrogen) atoms. The summed E-state index contributed by atoms with van der Waals surface area (Å²) in [6.45, 7) is 3.15. The third-order valence-corrected chi connectivity index (χ3v) is 5.84. The van der Waals surface area contributed by atoms with Crippen molar-refractivity contribution in [2.45, 2.75) is 22.5 Å². The van der Waals surface area contributed by atoms with E-state index in [9.17, 15) is 0 Å². The first-order valence-electron chi connectivity index (χ1n) is 7.72. The van der Waals surface area contributed by atoms with Crippen molar-refractivity contribution in [3.05, 3.63) is 41.6 Å². The predicted molar refractivity (Wildman–Crippen MR) is 91.1 cm³/mol. The molecular weight excluding hydrogens is 332 g/mol. The van der Waals surface area contributed by atoms with Crippen LogP contribution < -0.4 is 4.90 Å². The fourth-order valence-corrected chi connectivity index (χ4v) is 4.15. The molecule has 0 radical (unpaired) electrons. The molecule has 2 aliphatic rings.